The summed E-state index contributed by atoms with van der Waals surface area (Å²) in [6.45, 7) is 0.519. The molecule has 0 N–H and O–H groups in total. The van der Waals surface area contributed by atoms with Crippen LogP contribution in [0.3, 0.4) is 0 Å². The third kappa shape index (κ3) is 2.41. The lowest BCUT2D eigenvalue weighted by molar-refractivity contribution is 0.0997. The van der Waals surface area contributed by atoms with E-state index in [-0.39, 0.29) is 5.91 Å². The highest BCUT2D eigenvalue weighted by Gasteiger charge is 2.24. The summed E-state index contributed by atoms with van der Waals surface area (Å²) < 4.78 is 5.77. The van der Waals surface area contributed by atoms with Crippen molar-refractivity contribution in [3.63, 3.8) is 0 Å². The summed E-state index contributed by atoms with van der Waals surface area (Å²) in [7, 11) is 1.81. The number of rotatable bonds is 2. The number of ether oxygens (including phenoxy) is 1. The van der Waals surface area contributed by atoms with Gasteiger partial charge in [-0.25, -0.2) is 0 Å². The van der Waals surface area contributed by atoms with Crippen molar-refractivity contribution in [1.82, 2.24) is 0 Å². The van der Waals surface area contributed by atoms with E-state index in [2.05, 4.69) is 0 Å². The van der Waals surface area contributed by atoms with Gasteiger partial charge in [-0.15, -0.1) is 11.3 Å². The lowest BCUT2D eigenvalue weighted by Gasteiger charge is -2.16. The molecule has 2 heterocycles. The van der Waals surface area contributed by atoms with Crippen molar-refractivity contribution in [2.75, 3.05) is 11.9 Å². The lowest BCUT2D eigenvalue weighted by atomic mass is 10.1. The number of thiophene rings is 1. The number of carbonyl (C=O) groups is 1. The molecule has 2 aromatic carbocycles. The van der Waals surface area contributed by atoms with Gasteiger partial charge in [0.15, 0.2) is 0 Å². The van der Waals surface area contributed by atoms with Crippen molar-refractivity contribution in [2.24, 2.45) is 0 Å². The number of hydrogen-bond acceptors (Lipinski definition) is 3. The lowest BCUT2D eigenvalue weighted by Crippen LogP contribution is -2.25. The summed E-state index contributed by atoms with van der Waals surface area (Å²) in [6.07, 6.45) is 0. The number of nitrogens with zero attached hydrogens (tertiary/aromatic N) is 1. The Bertz CT molecular complexity index is 870. The van der Waals surface area contributed by atoms with Gasteiger partial charge in [0.1, 0.15) is 12.4 Å². The smallest absolute Gasteiger partial charge is 0.268 e. The Labute approximate surface area is 138 Å². The molecule has 0 aliphatic carbocycles. The SMILES string of the molecule is CN(C(=O)c1cc2c(s1)-c1ccccc1OC2)c1ccccc1. The Hall–Kier alpha value is -2.59. The number of amides is 1. The van der Waals surface area contributed by atoms with E-state index in [0.717, 1.165) is 32.3 Å². The van der Waals surface area contributed by atoms with Crippen molar-refractivity contribution in [1.29, 1.82) is 0 Å². The number of hydrogen-bond donors (Lipinski definition) is 0. The van der Waals surface area contributed by atoms with Crippen molar-refractivity contribution in [2.45, 2.75) is 6.61 Å². The van der Waals surface area contributed by atoms with Gasteiger partial charge in [-0.05, 0) is 30.3 Å². The number of carbonyl (C=O) groups excluding carboxylic acids is 1. The fourth-order valence-corrected chi connectivity index (χ4v) is 3.91. The fourth-order valence-electron chi connectivity index (χ4n) is 2.74. The first-order valence-corrected chi connectivity index (χ1v) is 8.24. The third-order valence-corrected chi connectivity index (χ3v) is 5.18. The molecule has 0 unspecified atom stereocenters. The molecule has 3 aromatic rings. The highest BCUT2D eigenvalue weighted by atomic mass is 32.1. The minimum atomic E-state index is 0.00748. The molecule has 0 radical (unpaired) electrons. The van der Waals surface area contributed by atoms with E-state index in [1.54, 1.807) is 11.9 Å². The zero-order chi connectivity index (χ0) is 15.8. The quantitative estimate of drug-likeness (QED) is 0.691. The summed E-state index contributed by atoms with van der Waals surface area (Å²) in [5.41, 5.74) is 3.04. The maximum absolute atomic E-state index is 12.8. The molecular formula is C19H15NO2S. The van der Waals surface area contributed by atoms with E-state index in [1.807, 2.05) is 60.7 Å². The van der Waals surface area contributed by atoms with Gasteiger partial charge >= 0.3 is 0 Å². The minimum Gasteiger partial charge on any atom is -0.488 e. The minimum absolute atomic E-state index is 0.00748. The van der Waals surface area contributed by atoms with Crippen LogP contribution >= 0.6 is 11.3 Å². The van der Waals surface area contributed by atoms with E-state index < -0.39 is 0 Å². The standard InChI is InChI=1S/C19H15NO2S/c1-20(14-7-3-2-4-8-14)19(21)17-11-13-12-22-16-10-6-5-9-15(16)18(13)23-17/h2-11H,12H2,1H3. The van der Waals surface area contributed by atoms with Gasteiger partial charge in [-0.3, -0.25) is 4.79 Å². The van der Waals surface area contributed by atoms with Crippen LogP contribution in [0.1, 0.15) is 15.2 Å². The zero-order valence-corrected chi connectivity index (χ0v) is 13.5. The molecule has 1 aliphatic heterocycles. The van der Waals surface area contributed by atoms with Crippen LogP contribution in [-0.4, -0.2) is 13.0 Å². The predicted octanol–water partition coefficient (Wildman–Crippen LogP) is 4.58. The maximum Gasteiger partial charge on any atom is 0.268 e. The van der Waals surface area contributed by atoms with Crippen LogP contribution in [0.5, 0.6) is 5.75 Å². The zero-order valence-electron chi connectivity index (χ0n) is 12.7. The summed E-state index contributed by atoms with van der Waals surface area (Å²) in [5.74, 6) is 0.894. The number of fused-ring (bicyclic) bond motifs is 3. The molecule has 4 heteroatoms. The van der Waals surface area contributed by atoms with E-state index in [1.165, 1.54) is 11.3 Å². The Morgan fingerprint density at radius 3 is 2.65 bits per heavy atom. The van der Waals surface area contributed by atoms with Crippen LogP contribution in [0, 0.1) is 0 Å². The molecular weight excluding hydrogens is 306 g/mol. The molecule has 0 bridgehead atoms. The molecule has 3 nitrogen and oxygen atoms in total. The molecule has 1 aliphatic rings. The van der Waals surface area contributed by atoms with E-state index in [0.29, 0.717) is 6.61 Å². The Morgan fingerprint density at radius 2 is 1.83 bits per heavy atom. The molecule has 0 atom stereocenters. The van der Waals surface area contributed by atoms with E-state index in [4.69, 9.17) is 4.74 Å². The van der Waals surface area contributed by atoms with Crippen molar-refractivity contribution >= 4 is 22.9 Å². The summed E-state index contributed by atoms with van der Waals surface area (Å²) in [6, 6.07) is 19.6. The number of anilines is 1. The van der Waals surface area contributed by atoms with Gasteiger partial charge in [-0.1, -0.05) is 30.3 Å². The summed E-state index contributed by atoms with van der Waals surface area (Å²) in [5, 5.41) is 0. The molecule has 1 aromatic heterocycles. The Kier molecular flexibility index (Phi) is 3.39. The van der Waals surface area contributed by atoms with Crippen molar-refractivity contribution in [3.05, 3.63) is 71.1 Å². The van der Waals surface area contributed by atoms with Gasteiger partial charge in [-0.2, -0.15) is 0 Å². The summed E-state index contributed by atoms with van der Waals surface area (Å²) in [4.78, 5) is 16.3. The van der Waals surface area contributed by atoms with Crippen LogP contribution in [-0.2, 0) is 6.61 Å². The van der Waals surface area contributed by atoms with E-state index in [9.17, 15) is 4.79 Å². The number of benzene rings is 2. The largest absolute Gasteiger partial charge is 0.488 e. The highest BCUT2D eigenvalue weighted by molar-refractivity contribution is 7.17. The topological polar surface area (TPSA) is 29.5 Å². The van der Waals surface area contributed by atoms with Crippen LogP contribution in [0.4, 0.5) is 5.69 Å². The van der Waals surface area contributed by atoms with Gasteiger partial charge < -0.3 is 9.64 Å². The van der Waals surface area contributed by atoms with Crippen LogP contribution < -0.4 is 9.64 Å². The maximum atomic E-state index is 12.8. The molecule has 0 spiro atoms. The Morgan fingerprint density at radius 1 is 1.09 bits per heavy atom. The fraction of sp³-hybridized carbons (Fsp3) is 0.105. The molecule has 1 amide bonds. The molecule has 0 saturated heterocycles. The first kappa shape index (κ1) is 14.0. The molecule has 4 rings (SSSR count). The van der Waals surface area contributed by atoms with Crippen LogP contribution in [0.15, 0.2) is 60.7 Å². The number of para-hydroxylation sites is 2. The first-order chi connectivity index (χ1) is 11.2. The molecule has 114 valence electrons. The van der Waals surface area contributed by atoms with Crippen molar-refractivity contribution < 1.29 is 9.53 Å². The molecule has 23 heavy (non-hydrogen) atoms. The Balaban J connectivity index is 1.70. The van der Waals surface area contributed by atoms with Gasteiger partial charge in [0.25, 0.3) is 5.91 Å². The molecule has 0 saturated carbocycles. The monoisotopic (exact) mass is 321 g/mol. The van der Waals surface area contributed by atoms with Gasteiger partial charge in [0, 0.05) is 28.7 Å². The van der Waals surface area contributed by atoms with Gasteiger partial charge in [0.05, 0.1) is 4.88 Å². The summed E-state index contributed by atoms with van der Waals surface area (Å²) >= 11 is 1.54. The van der Waals surface area contributed by atoms with Crippen molar-refractivity contribution in [3.8, 4) is 16.2 Å². The molecule has 0 fully saturated rings. The average Bonchev–Trinajstić information content (AvgIpc) is 3.06. The normalized spacial score (nSPS) is 12.0. The second-order valence-electron chi connectivity index (χ2n) is 5.45. The average molecular weight is 321 g/mol. The first-order valence-electron chi connectivity index (χ1n) is 7.42. The predicted molar refractivity (Wildman–Crippen MR) is 93.3 cm³/mol. The van der Waals surface area contributed by atoms with E-state index >= 15 is 0 Å². The second kappa shape index (κ2) is 5.56. The third-order valence-electron chi connectivity index (χ3n) is 3.98. The van der Waals surface area contributed by atoms with Crippen LogP contribution in [0.2, 0.25) is 0 Å². The second-order valence-corrected chi connectivity index (χ2v) is 6.50. The highest BCUT2D eigenvalue weighted by Crippen LogP contribution is 2.42. The van der Waals surface area contributed by atoms with Gasteiger partial charge in [0.2, 0.25) is 0 Å². The van der Waals surface area contributed by atoms with Crippen LogP contribution in [0.25, 0.3) is 10.4 Å².